The summed E-state index contributed by atoms with van der Waals surface area (Å²) in [6.07, 6.45) is 1.94. The van der Waals surface area contributed by atoms with Gasteiger partial charge in [0.05, 0.1) is 11.2 Å². The van der Waals surface area contributed by atoms with Gasteiger partial charge in [-0.25, -0.2) is 14.6 Å². The molecule has 2 atom stereocenters. The summed E-state index contributed by atoms with van der Waals surface area (Å²) < 4.78 is 44.2. The number of nitrogens with zero attached hydrogens (tertiary/aromatic N) is 1. The van der Waals surface area contributed by atoms with Gasteiger partial charge in [0, 0.05) is 28.5 Å². The van der Waals surface area contributed by atoms with Crippen molar-refractivity contribution in [2.45, 2.75) is 32.0 Å². The zero-order valence-electron chi connectivity index (χ0n) is 30.2. The summed E-state index contributed by atoms with van der Waals surface area (Å²) in [6.45, 7) is 3.97. The third-order valence-corrected chi connectivity index (χ3v) is 9.08. The topological polar surface area (TPSA) is 205 Å². The maximum Gasteiger partial charge on any atom is 0.414 e. The van der Waals surface area contributed by atoms with E-state index in [0.717, 1.165) is 48.5 Å². The average Bonchev–Trinajstić information content (AvgIpc) is 3.89. The van der Waals surface area contributed by atoms with Crippen molar-refractivity contribution in [1.29, 1.82) is 0 Å². The number of aliphatic carboxylic acids is 2. The molecule has 296 valence electrons. The number of carboxylic acid groups (broad SMARTS) is 2. The predicted octanol–water partition coefficient (Wildman–Crippen LogP) is 7.89. The molecular formula is C38H44ClN3O10S3. The molecular weight excluding hydrogens is 790 g/mol. The van der Waals surface area contributed by atoms with Gasteiger partial charge in [-0.15, -0.1) is 35.1 Å². The first-order chi connectivity index (χ1) is 25.8. The van der Waals surface area contributed by atoms with E-state index in [1.165, 1.54) is 26.6 Å². The van der Waals surface area contributed by atoms with Crippen molar-refractivity contribution in [3.05, 3.63) is 123 Å². The smallest absolute Gasteiger partial charge is 0.414 e. The Morgan fingerprint density at radius 3 is 1.95 bits per heavy atom. The van der Waals surface area contributed by atoms with E-state index in [-0.39, 0.29) is 24.6 Å². The molecule has 0 aliphatic carbocycles. The number of benzene rings is 4. The van der Waals surface area contributed by atoms with E-state index in [9.17, 15) is 0 Å². The molecule has 0 aliphatic heterocycles. The second kappa shape index (κ2) is 24.0. The summed E-state index contributed by atoms with van der Waals surface area (Å²) in [5, 5.41) is 30.2. The van der Waals surface area contributed by atoms with Crippen molar-refractivity contribution < 1.29 is 46.8 Å². The summed E-state index contributed by atoms with van der Waals surface area (Å²) in [6, 6.07) is 31.5. The zero-order valence-corrected chi connectivity index (χ0v) is 33.5. The molecule has 0 bridgehead atoms. The number of ether oxygens (including phenoxy) is 2. The number of thiazole rings is 1. The summed E-state index contributed by atoms with van der Waals surface area (Å²) in [7, 11) is -0.735. The number of hydrogen-bond donors (Lipinski definition) is 6. The number of rotatable bonds is 12. The van der Waals surface area contributed by atoms with E-state index >= 15 is 0 Å². The Hall–Kier alpha value is -4.65. The van der Waals surface area contributed by atoms with E-state index in [1.807, 2.05) is 19.6 Å². The Bertz CT molecular complexity index is 2130. The Morgan fingerprint density at radius 1 is 0.782 bits per heavy atom. The third-order valence-electron chi connectivity index (χ3n) is 7.51. The van der Waals surface area contributed by atoms with Crippen LogP contribution in [0.3, 0.4) is 0 Å². The Labute approximate surface area is 334 Å². The van der Waals surface area contributed by atoms with Gasteiger partial charge in [-0.2, -0.15) is 8.42 Å². The van der Waals surface area contributed by atoms with Crippen LogP contribution >= 0.6 is 35.1 Å². The molecule has 6 N–H and O–H groups in total. The number of aryl methyl sites for hydroxylation is 1. The van der Waals surface area contributed by atoms with Gasteiger partial charge >= 0.3 is 22.3 Å². The van der Waals surface area contributed by atoms with E-state index in [4.69, 9.17) is 46.8 Å². The molecule has 55 heavy (non-hydrogen) atoms. The average molecular weight is 834 g/mol. The van der Waals surface area contributed by atoms with E-state index < -0.39 is 22.3 Å². The SMILES string of the molecule is CNCCC(Oc1ccc(C)c2ccccc12)c1cscn1.CNCCC(Oc1ccc2ccccc2c1)c1cccs1.Cl.O=C(O)C(=O)O.O=S(=O)(O)O. The first-order valence-electron chi connectivity index (χ1n) is 16.5. The van der Waals surface area contributed by atoms with Crippen LogP contribution in [0.5, 0.6) is 11.5 Å². The standard InChI is InChI=1S/C18H20N2OS.C18H19NOS.C2H2O4.ClH.H2O4S/c1-13-7-8-17(15-6-4-3-5-14(13)15)21-18(9-10-19-2)16-11-22-12-20-16;1-19-11-10-17(18-7-4-12-21-18)20-16-9-8-14-5-2-3-6-15(14)13-16;3-1(4)2(5)6;;1-5(2,3)4/h3-8,11-12,18-19H,9-10H2,1-2H3;2-9,12-13,17,19H,10-11H2,1H3;(H,3,4)(H,5,6);1H;(H2,1,2,3,4). The minimum absolute atomic E-state index is 0. The first-order valence-corrected chi connectivity index (χ1v) is 19.7. The highest BCUT2D eigenvalue weighted by Gasteiger charge is 2.17. The van der Waals surface area contributed by atoms with Crippen molar-refractivity contribution in [1.82, 2.24) is 15.6 Å². The Balaban J connectivity index is 0.000000296. The number of halogens is 1. The Morgan fingerprint density at radius 2 is 1.38 bits per heavy atom. The number of carboxylic acids is 2. The largest absolute Gasteiger partial charge is 0.485 e. The van der Waals surface area contributed by atoms with Crippen molar-refractivity contribution in [3.8, 4) is 11.5 Å². The quantitative estimate of drug-likeness (QED) is 0.0513. The highest BCUT2D eigenvalue weighted by Crippen LogP contribution is 2.33. The first kappa shape index (κ1) is 46.5. The summed E-state index contributed by atoms with van der Waals surface area (Å²) in [5.41, 5.74) is 4.13. The molecule has 2 aromatic heterocycles. The van der Waals surface area contributed by atoms with E-state index in [0.29, 0.717) is 0 Å². The molecule has 0 aliphatic rings. The minimum Gasteiger partial charge on any atom is -0.485 e. The molecule has 2 heterocycles. The molecule has 0 radical (unpaired) electrons. The van der Waals surface area contributed by atoms with Crippen LogP contribution in [0.1, 0.15) is 41.2 Å². The maximum absolute atomic E-state index is 9.10. The number of hydrogen-bond acceptors (Lipinski definition) is 11. The van der Waals surface area contributed by atoms with Crippen molar-refractivity contribution in [2.75, 3.05) is 27.2 Å². The van der Waals surface area contributed by atoms with Crippen LogP contribution in [-0.2, 0) is 20.0 Å². The fraction of sp³-hybridized carbons (Fsp3) is 0.237. The molecule has 6 aromatic rings. The molecule has 0 amide bonds. The molecule has 13 nitrogen and oxygen atoms in total. The fourth-order valence-corrected chi connectivity index (χ4v) is 6.40. The molecule has 0 saturated heterocycles. The van der Waals surface area contributed by atoms with Gasteiger partial charge < -0.3 is 30.3 Å². The van der Waals surface area contributed by atoms with Crippen molar-refractivity contribution in [2.24, 2.45) is 0 Å². The number of fused-ring (bicyclic) bond motifs is 2. The van der Waals surface area contributed by atoms with Crippen LogP contribution in [0.4, 0.5) is 0 Å². The van der Waals surface area contributed by atoms with Gasteiger partial charge in [0.2, 0.25) is 0 Å². The van der Waals surface area contributed by atoms with E-state index in [2.05, 4.69) is 124 Å². The minimum atomic E-state index is -4.67. The Kier molecular flexibility index (Phi) is 20.3. The normalized spacial score (nSPS) is 11.6. The third kappa shape index (κ3) is 16.7. The van der Waals surface area contributed by atoms with Gasteiger partial charge in [0.1, 0.15) is 23.7 Å². The molecule has 0 saturated carbocycles. The van der Waals surface area contributed by atoms with Gasteiger partial charge in [-0.05, 0) is 85.5 Å². The lowest BCUT2D eigenvalue weighted by Gasteiger charge is -2.19. The summed E-state index contributed by atoms with van der Waals surface area (Å²) in [4.78, 5) is 23.9. The molecule has 0 spiro atoms. The monoisotopic (exact) mass is 833 g/mol. The van der Waals surface area contributed by atoms with Crippen molar-refractivity contribution >= 4 is 79.0 Å². The lowest BCUT2D eigenvalue weighted by molar-refractivity contribution is -0.159. The second-order valence-electron chi connectivity index (χ2n) is 11.4. The maximum atomic E-state index is 9.10. The van der Waals surface area contributed by atoms with Crippen LogP contribution in [0.2, 0.25) is 0 Å². The van der Waals surface area contributed by atoms with Gasteiger partial charge in [0.25, 0.3) is 0 Å². The zero-order chi connectivity index (χ0) is 39.5. The van der Waals surface area contributed by atoms with Gasteiger partial charge in [-0.3, -0.25) is 9.11 Å². The molecule has 0 fully saturated rings. The molecule has 6 rings (SSSR count). The molecule has 17 heteroatoms. The van der Waals surface area contributed by atoms with Gasteiger partial charge in [-0.1, -0.05) is 66.7 Å². The van der Waals surface area contributed by atoms with Crippen LogP contribution in [0.25, 0.3) is 21.5 Å². The highest BCUT2D eigenvalue weighted by molar-refractivity contribution is 7.79. The number of nitrogens with one attached hydrogen (secondary N) is 2. The lowest BCUT2D eigenvalue weighted by Crippen LogP contribution is -2.16. The van der Waals surface area contributed by atoms with Gasteiger partial charge in [0.15, 0.2) is 0 Å². The van der Waals surface area contributed by atoms with Crippen LogP contribution < -0.4 is 20.1 Å². The summed E-state index contributed by atoms with van der Waals surface area (Å²) in [5.74, 6) is -1.79. The highest BCUT2D eigenvalue weighted by atomic mass is 35.5. The predicted molar refractivity (Wildman–Crippen MR) is 220 cm³/mol. The summed E-state index contributed by atoms with van der Waals surface area (Å²) >= 11 is 3.36. The fourth-order valence-electron chi connectivity index (χ4n) is 5.02. The lowest BCUT2D eigenvalue weighted by atomic mass is 10.0. The van der Waals surface area contributed by atoms with Crippen LogP contribution in [-0.4, -0.2) is 71.8 Å². The molecule has 4 aromatic carbocycles. The van der Waals surface area contributed by atoms with Crippen LogP contribution in [0, 0.1) is 6.92 Å². The second-order valence-corrected chi connectivity index (χ2v) is 14.0. The van der Waals surface area contributed by atoms with Crippen molar-refractivity contribution in [3.63, 3.8) is 0 Å². The molecule has 2 unspecified atom stereocenters. The van der Waals surface area contributed by atoms with E-state index in [1.54, 1.807) is 22.7 Å². The number of thiophene rings is 1. The van der Waals surface area contributed by atoms with Crippen LogP contribution in [0.15, 0.2) is 107 Å². The number of carbonyl (C=O) groups is 2. The number of aromatic nitrogens is 1.